The lowest BCUT2D eigenvalue weighted by molar-refractivity contribution is -0.127. The molecular formula is C6H9FN2O3. The fourth-order valence-electron chi connectivity index (χ4n) is 0.819. The molecule has 0 spiro atoms. The van der Waals surface area contributed by atoms with Crippen molar-refractivity contribution < 1.29 is 18.7 Å². The highest BCUT2D eigenvalue weighted by Gasteiger charge is 2.28. The molecule has 0 radical (unpaired) electrons. The summed E-state index contributed by atoms with van der Waals surface area (Å²) in [6.45, 7) is -0.524. The van der Waals surface area contributed by atoms with E-state index >= 15 is 0 Å². The zero-order valence-electron chi connectivity index (χ0n) is 6.30. The Morgan fingerprint density at radius 3 is 3.08 bits per heavy atom. The molecule has 2 N–H and O–H groups in total. The first-order valence-corrected chi connectivity index (χ1v) is 3.52. The first-order valence-electron chi connectivity index (χ1n) is 3.52. The molecule has 1 heterocycles. The maximum atomic E-state index is 11.6. The lowest BCUT2D eigenvalue weighted by atomic mass is 10.3. The summed E-state index contributed by atoms with van der Waals surface area (Å²) in [5.74, 6) is -0.467. The van der Waals surface area contributed by atoms with Crippen LogP contribution in [0.3, 0.4) is 0 Å². The molecule has 1 atom stereocenters. The van der Waals surface area contributed by atoms with Crippen molar-refractivity contribution in [1.29, 1.82) is 0 Å². The van der Waals surface area contributed by atoms with E-state index in [-0.39, 0.29) is 13.1 Å². The Hall–Kier alpha value is -1.33. The SMILES string of the molecule is O=C1NCC(C(=O)NCCF)O1. The molecule has 0 aromatic rings. The van der Waals surface area contributed by atoms with Crippen molar-refractivity contribution in [2.75, 3.05) is 19.8 Å². The largest absolute Gasteiger partial charge is 0.434 e. The number of halogens is 1. The van der Waals surface area contributed by atoms with Crippen molar-refractivity contribution in [1.82, 2.24) is 10.6 Å². The highest BCUT2D eigenvalue weighted by Crippen LogP contribution is 1.98. The third-order valence-corrected chi connectivity index (χ3v) is 1.37. The summed E-state index contributed by atoms with van der Waals surface area (Å²) in [4.78, 5) is 21.4. The Labute approximate surface area is 68.3 Å². The lowest BCUT2D eigenvalue weighted by Gasteiger charge is -2.06. The van der Waals surface area contributed by atoms with Gasteiger partial charge in [0.2, 0.25) is 0 Å². The molecule has 0 saturated carbocycles. The fourth-order valence-corrected chi connectivity index (χ4v) is 0.819. The molecule has 0 aliphatic carbocycles. The summed E-state index contributed by atoms with van der Waals surface area (Å²) < 4.78 is 16.1. The van der Waals surface area contributed by atoms with Gasteiger partial charge in [-0.1, -0.05) is 0 Å². The first-order chi connectivity index (χ1) is 5.74. The van der Waals surface area contributed by atoms with Gasteiger partial charge in [-0.05, 0) is 0 Å². The van der Waals surface area contributed by atoms with Gasteiger partial charge in [-0.2, -0.15) is 0 Å². The van der Waals surface area contributed by atoms with Crippen LogP contribution in [0, 0.1) is 0 Å². The minimum absolute atomic E-state index is 0.0487. The minimum atomic E-state index is -0.816. The van der Waals surface area contributed by atoms with E-state index in [4.69, 9.17) is 0 Å². The summed E-state index contributed by atoms with van der Waals surface area (Å²) in [5.41, 5.74) is 0. The Morgan fingerprint density at radius 2 is 2.58 bits per heavy atom. The zero-order chi connectivity index (χ0) is 8.97. The first kappa shape index (κ1) is 8.76. The van der Waals surface area contributed by atoms with Crippen LogP contribution in [0.4, 0.5) is 9.18 Å². The van der Waals surface area contributed by atoms with Gasteiger partial charge < -0.3 is 15.4 Å². The van der Waals surface area contributed by atoms with Crippen molar-refractivity contribution in [2.45, 2.75) is 6.10 Å². The van der Waals surface area contributed by atoms with Crippen LogP contribution in [0.25, 0.3) is 0 Å². The fraction of sp³-hybridized carbons (Fsp3) is 0.667. The Kier molecular flexibility index (Phi) is 2.84. The van der Waals surface area contributed by atoms with E-state index in [0.717, 1.165) is 0 Å². The molecule has 1 saturated heterocycles. The number of carbonyl (C=O) groups excluding carboxylic acids is 2. The monoisotopic (exact) mass is 176 g/mol. The van der Waals surface area contributed by atoms with E-state index in [0.29, 0.717) is 0 Å². The molecule has 68 valence electrons. The number of rotatable bonds is 3. The highest BCUT2D eigenvalue weighted by molar-refractivity contribution is 5.86. The van der Waals surface area contributed by atoms with Crippen LogP contribution in [0.5, 0.6) is 0 Å². The summed E-state index contributed by atoms with van der Waals surface area (Å²) in [6.07, 6.45) is -1.43. The number of hydrogen-bond donors (Lipinski definition) is 2. The average Bonchev–Trinajstić information content (AvgIpc) is 2.47. The van der Waals surface area contributed by atoms with E-state index < -0.39 is 24.8 Å². The maximum absolute atomic E-state index is 11.6. The van der Waals surface area contributed by atoms with Crippen molar-refractivity contribution in [3.05, 3.63) is 0 Å². The second kappa shape index (κ2) is 3.89. The van der Waals surface area contributed by atoms with Crippen LogP contribution in [0.1, 0.15) is 0 Å². The third-order valence-electron chi connectivity index (χ3n) is 1.37. The molecule has 6 heteroatoms. The smallest absolute Gasteiger partial charge is 0.408 e. The molecule has 0 aromatic heterocycles. The van der Waals surface area contributed by atoms with Crippen LogP contribution in [0.15, 0.2) is 0 Å². The standard InChI is InChI=1S/C6H9FN2O3/c7-1-2-8-5(10)4-3-9-6(11)12-4/h4H,1-3H2,(H,8,10)(H,9,11). The van der Waals surface area contributed by atoms with Crippen LogP contribution >= 0.6 is 0 Å². The van der Waals surface area contributed by atoms with Gasteiger partial charge in [0.05, 0.1) is 6.54 Å². The topological polar surface area (TPSA) is 67.4 Å². The van der Waals surface area contributed by atoms with Gasteiger partial charge in [-0.15, -0.1) is 0 Å². The van der Waals surface area contributed by atoms with Crippen molar-refractivity contribution >= 4 is 12.0 Å². The number of alkyl carbamates (subject to hydrolysis) is 1. The quantitative estimate of drug-likeness (QED) is 0.590. The maximum Gasteiger partial charge on any atom is 0.408 e. The molecule has 2 amide bonds. The van der Waals surface area contributed by atoms with Crippen LogP contribution in [-0.2, 0) is 9.53 Å². The number of cyclic esters (lactones) is 1. The normalized spacial score (nSPS) is 21.4. The summed E-state index contributed by atoms with van der Waals surface area (Å²) in [5, 5.41) is 4.57. The van der Waals surface area contributed by atoms with Crippen LogP contribution in [-0.4, -0.2) is 37.9 Å². The number of ether oxygens (including phenoxy) is 1. The van der Waals surface area contributed by atoms with E-state index in [2.05, 4.69) is 15.4 Å². The van der Waals surface area contributed by atoms with Gasteiger partial charge in [-0.3, -0.25) is 4.79 Å². The number of alkyl halides is 1. The minimum Gasteiger partial charge on any atom is -0.434 e. The van der Waals surface area contributed by atoms with E-state index in [1.807, 2.05) is 0 Å². The molecule has 1 fully saturated rings. The van der Waals surface area contributed by atoms with Gasteiger partial charge in [0.25, 0.3) is 5.91 Å². The zero-order valence-corrected chi connectivity index (χ0v) is 6.30. The summed E-state index contributed by atoms with van der Waals surface area (Å²) in [6, 6.07) is 0. The van der Waals surface area contributed by atoms with Crippen molar-refractivity contribution in [3.8, 4) is 0 Å². The Balaban J connectivity index is 2.28. The van der Waals surface area contributed by atoms with Gasteiger partial charge in [-0.25, -0.2) is 9.18 Å². The molecule has 1 unspecified atom stereocenters. The molecule has 5 nitrogen and oxygen atoms in total. The van der Waals surface area contributed by atoms with Crippen molar-refractivity contribution in [3.63, 3.8) is 0 Å². The Bertz CT molecular complexity index is 197. The molecule has 1 aliphatic heterocycles. The second-order valence-corrected chi connectivity index (χ2v) is 2.25. The van der Waals surface area contributed by atoms with E-state index in [1.54, 1.807) is 0 Å². The number of hydrogen-bond acceptors (Lipinski definition) is 3. The average molecular weight is 176 g/mol. The van der Waals surface area contributed by atoms with Crippen LogP contribution < -0.4 is 10.6 Å². The van der Waals surface area contributed by atoms with Crippen LogP contribution in [0.2, 0.25) is 0 Å². The Morgan fingerprint density at radius 1 is 1.83 bits per heavy atom. The highest BCUT2D eigenvalue weighted by atomic mass is 19.1. The van der Waals surface area contributed by atoms with Crippen molar-refractivity contribution in [2.24, 2.45) is 0 Å². The van der Waals surface area contributed by atoms with Gasteiger partial charge in [0, 0.05) is 6.54 Å². The molecular weight excluding hydrogens is 167 g/mol. The molecule has 0 bridgehead atoms. The van der Waals surface area contributed by atoms with E-state index in [9.17, 15) is 14.0 Å². The van der Waals surface area contributed by atoms with Gasteiger partial charge >= 0.3 is 6.09 Å². The molecule has 1 aliphatic rings. The molecule has 12 heavy (non-hydrogen) atoms. The summed E-state index contributed by atoms with van der Waals surface area (Å²) >= 11 is 0. The van der Waals surface area contributed by atoms with E-state index in [1.165, 1.54) is 0 Å². The summed E-state index contributed by atoms with van der Waals surface area (Å²) in [7, 11) is 0. The molecule has 0 aromatic carbocycles. The predicted octanol–water partition coefficient (Wildman–Crippen LogP) is -0.820. The molecule has 1 rings (SSSR count). The third kappa shape index (κ3) is 2.08. The number of carbonyl (C=O) groups is 2. The number of nitrogens with one attached hydrogen (secondary N) is 2. The van der Waals surface area contributed by atoms with Gasteiger partial charge in [0.15, 0.2) is 6.10 Å². The lowest BCUT2D eigenvalue weighted by Crippen LogP contribution is -2.37. The second-order valence-electron chi connectivity index (χ2n) is 2.25. The number of amides is 2. The predicted molar refractivity (Wildman–Crippen MR) is 37.3 cm³/mol. The van der Waals surface area contributed by atoms with Gasteiger partial charge in [0.1, 0.15) is 6.67 Å².